The lowest BCUT2D eigenvalue weighted by Gasteiger charge is -2.20. The van der Waals surface area contributed by atoms with Gasteiger partial charge in [0.25, 0.3) is 0 Å². The van der Waals surface area contributed by atoms with E-state index in [1.54, 1.807) is 0 Å². The minimum atomic E-state index is 0.158. The van der Waals surface area contributed by atoms with Crippen LogP contribution in [0.15, 0.2) is 23.4 Å². The highest BCUT2D eigenvalue weighted by atomic mass is 32.2. The molecule has 1 saturated carbocycles. The van der Waals surface area contributed by atoms with Gasteiger partial charge in [0.05, 0.1) is 0 Å². The zero-order valence-electron chi connectivity index (χ0n) is 12.1. The fourth-order valence-corrected chi connectivity index (χ4v) is 3.76. The van der Waals surface area contributed by atoms with Crippen LogP contribution >= 0.6 is 11.8 Å². The first-order chi connectivity index (χ1) is 9.65. The van der Waals surface area contributed by atoms with Gasteiger partial charge >= 0.3 is 0 Å². The van der Waals surface area contributed by atoms with Crippen LogP contribution in [0, 0.1) is 6.92 Å². The van der Waals surface area contributed by atoms with Crippen molar-refractivity contribution in [1.82, 2.24) is 5.32 Å². The Kier molecular flexibility index (Phi) is 5.31. The summed E-state index contributed by atoms with van der Waals surface area (Å²) < 4.78 is 0. The van der Waals surface area contributed by atoms with E-state index in [0.717, 1.165) is 17.4 Å². The second kappa shape index (κ2) is 6.99. The van der Waals surface area contributed by atoms with Crippen LogP contribution in [0.2, 0.25) is 0 Å². The Bertz CT molecular complexity index is 490. The van der Waals surface area contributed by atoms with Gasteiger partial charge in [0.1, 0.15) is 0 Å². The van der Waals surface area contributed by atoms with E-state index in [-0.39, 0.29) is 5.84 Å². The average Bonchev–Trinajstić information content (AvgIpc) is 2.92. The molecule has 1 fully saturated rings. The summed E-state index contributed by atoms with van der Waals surface area (Å²) in [7, 11) is 0. The van der Waals surface area contributed by atoms with E-state index in [4.69, 9.17) is 10.9 Å². The lowest BCUT2D eigenvalue weighted by Crippen LogP contribution is -2.33. The summed E-state index contributed by atoms with van der Waals surface area (Å²) in [6.07, 6.45) is 6.11. The first-order valence-electron chi connectivity index (χ1n) is 6.99. The normalized spacial score (nSPS) is 23.2. The molecule has 0 saturated heterocycles. The number of aryl methyl sites for hydroxylation is 1. The molecular weight excluding hydrogens is 270 g/mol. The highest BCUT2D eigenvalue weighted by Crippen LogP contribution is 2.28. The maximum Gasteiger partial charge on any atom is 0.170 e. The molecule has 1 aromatic carbocycles. The Labute approximate surface area is 124 Å². The van der Waals surface area contributed by atoms with Gasteiger partial charge in [-0.15, -0.1) is 0 Å². The molecule has 1 aliphatic rings. The number of benzene rings is 1. The minimum Gasteiger partial charge on any atom is -0.409 e. The van der Waals surface area contributed by atoms with Gasteiger partial charge in [-0.25, -0.2) is 0 Å². The molecule has 0 radical (unpaired) electrons. The molecule has 2 unspecified atom stereocenters. The second-order valence-corrected chi connectivity index (χ2v) is 6.40. The number of amidine groups is 1. The van der Waals surface area contributed by atoms with Crippen molar-refractivity contribution in [1.29, 1.82) is 0 Å². The van der Waals surface area contributed by atoms with E-state index in [9.17, 15) is 0 Å². The lowest BCUT2D eigenvalue weighted by atomic mass is 10.0. The smallest absolute Gasteiger partial charge is 0.170 e. The molecular formula is C15H23N3OS. The van der Waals surface area contributed by atoms with Gasteiger partial charge in [-0.3, -0.25) is 0 Å². The summed E-state index contributed by atoms with van der Waals surface area (Å²) in [5, 5.41) is 16.1. The molecule has 0 amide bonds. The maximum atomic E-state index is 8.70. The number of thioether (sulfide) groups is 1. The molecule has 0 aromatic heterocycles. The summed E-state index contributed by atoms with van der Waals surface area (Å²) in [5.74, 6) is 0.158. The zero-order valence-corrected chi connectivity index (χ0v) is 12.9. The van der Waals surface area contributed by atoms with Crippen LogP contribution in [-0.2, 0) is 6.54 Å². The third-order valence-electron chi connectivity index (χ3n) is 4.06. The molecule has 0 aliphatic heterocycles. The van der Waals surface area contributed by atoms with E-state index in [1.807, 2.05) is 23.9 Å². The van der Waals surface area contributed by atoms with Crippen LogP contribution in [-0.4, -0.2) is 28.6 Å². The standard InChI is InChI=1S/C15H23N3OS/c1-10-8-11(15(16)18-19)6-7-12(10)9-17-13-4-3-5-14(13)20-2/h6-8,13-14,17,19H,3-5,9H2,1-2H3,(H2,16,18). The van der Waals surface area contributed by atoms with Gasteiger partial charge < -0.3 is 16.3 Å². The summed E-state index contributed by atoms with van der Waals surface area (Å²) in [5.41, 5.74) is 8.80. The summed E-state index contributed by atoms with van der Waals surface area (Å²) in [6, 6.07) is 6.54. The quantitative estimate of drug-likeness (QED) is 0.337. The van der Waals surface area contributed by atoms with Crippen LogP contribution in [0.4, 0.5) is 0 Å². The number of nitrogens with two attached hydrogens (primary N) is 1. The fraction of sp³-hybridized carbons (Fsp3) is 0.533. The molecule has 0 heterocycles. The molecule has 2 atom stereocenters. The summed E-state index contributed by atoms with van der Waals surface area (Å²) >= 11 is 1.97. The monoisotopic (exact) mass is 293 g/mol. The maximum absolute atomic E-state index is 8.70. The lowest BCUT2D eigenvalue weighted by molar-refractivity contribution is 0.318. The van der Waals surface area contributed by atoms with Crippen molar-refractivity contribution in [3.05, 3.63) is 34.9 Å². The predicted octanol–water partition coefficient (Wildman–Crippen LogP) is 2.46. The van der Waals surface area contributed by atoms with Crippen LogP contribution in [0.5, 0.6) is 0 Å². The molecule has 0 bridgehead atoms. The van der Waals surface area contributed by atoms with Gasteiger partial charge in [0.2, 0.25) is 0 Å². The van der Waals surface area contributed by atoms with Crippen molar-refractivity contribution in [2.75, 3.05) is 6.26 Å². The molecule has 0 spiro atoms. The Morgan fingerprint density at radius 2 is 2.30 bits per heavy atom. The average molecular weight is 293 g/mol. The van der Waals surface area contributed by atoms with Gasteiger partial charge in [-0.2, -0.15) is 11.8 Å². The van der Waals surface area contributed by atoms with E-state index >= 15 is 0 Å². The number of nitrogens with zero attached hydrogens (tertiary/aromatic N) is 1. The second-order valence-electron chi connectivity index (χ2n) is 5.32. The summed E-state index contributed by atoms with van der Waals surface area (Å²) in [6.45, 7) is 2.94. The Morgan fingerprint density at radius 1 is 1.50 bits per heavy atom. The van der Waals surface area contributed by atoms with E-state index in [0.29, 0.717) is 6.04 Å². The molecule has 110 valence electrons. The summed E-state index contributed by atoms with van der Waals surface area (Å²) in [4.78, 5) is 0. The van der Waals surface area contributed by atoms with Gasteiger partial charge in [-0.1, -0.05) is 23.7 Å². The Morgan fingerprint density at radius 3 is 2.95 bits per heavy atom. The van der Waals surface area contributed by atoms with E-state index in [1.165, 1.54) is 30.4 Å². The van der Waals surface area contributed by atoms with Crippen LogP contribution < -0.4 is 11.1 Å². The van der Waals surface area contributed by atoms with Crippen molar-refractivity contribution in [3.8, 4) is 0 Å². The number of nitrogens with one attached hydrogen (secondary N) is 1. The fourth-order valence-electron chi connectivity index (χ4n) is 2.79. The van der Waals surface area contributed by atoms with Crippen molar-refractivity contribution in [3.63, 3.8) is 0 Å². The van der Waals surface area contributed by atoms with Crippen LogP contribution in [0.25, 0.3) is 0 Å². The number of hydrogen-bond donors (Lipinski definition) is 3. The van der Waals surface area contributed by atoms with Crippen molar-refractivity contribution in [2.45, 2.75) is 44.0 Å². The number of hydrogen-bond acceptors (Lipinski definition) is 4. The van der Waals surface area contributed by atoms with Gasteiger partial charge in [0.15, 0.2) is 5.84 Å². The molecule has 20 heavy (non-hydrogen) atoms. The Hall–Kier alpha value is -1.20. The van der Waals surface area contributed by atoms with E-state index < -0.39 is 0 Å². The minimum absolute atomic E-state index is 0.158. The largest absolute Gasteiger partial charge is 0.409 e. The molecule has 4 nitrogen and oxygen atoms in total. The van der Waals surface area contributed by atoms with Crippen molar-refractivity contribution in [2.24, 2.45) is 10.9 Å². The first-order valence-corrected chi connectivity index (χ1v) is 8.28. The molecule has 2 rings (SSSR count). The highest BCUT2D eigenvalue weighted by Gasteiger charge is 2.25. The molecule has 1 aromatic rings. The predicted molar refractivity (Wildman–Crippen MR) is 85.5 cm³/mol. The number of oxime groups is 1. The number of rotatable bonds is 5. The third-order valence-corrected chi connectivity index (χ3v) is 5.23. The Balaban J connectivity index is 2.00. The SMILES string of the molecule is CSC1CCCC1NCc1ccc(/C(N)=N/O)cc1C. The highest BCUT2D eigenvalue weighted by molar-refractivity contribution is 7.99. The third kappa shape index (κ3) is 3.46. The molecule has 1 aliphatic carbocycles. The van der Waals surface area contributed by atoms with Crippen LogP contribution in [0.1, 0.15) is 36.0 Å². The van der Waals surface area contributed by atoms with Crippen molar-refractivity contribution >= 4 is 17.6 Å². The molecule has 4 N–H and O–H groups in total. The first kappa shape index (κ1) is 15.2. The van der Waals surface area contributed by atoms with Gasteiger partial charge in [-0.05, 0) is 43.2 Å². The van der Waals surface area contributed by atoms with Crippen molar-refractivity contribution < 1.29 is 5.21 Å². The van der Waals surface area contributed by atoms with Crippen LogP contribution in [0.3, 0.4) is 0 Å². The zero-order chi connectivity index (χ0) is 14.5. The topological polar surface area (TPSA) is 70.6 Å². The van der Waals surface area contributed by atoms with Gasteiger partial charge in [0, 0.05) is 23.4 Å². The van der Waals surface area contributed by atoms with E-state index in [2.05, 4.69) is 29.7 Å². The molecule has 5 heteroatoms.